The predicted octanol–water partition coefficient (Wildman–Crippen LogP) is 2.12. The Hall–Kier alpha value is -2.03. The van der Waals surface area contributed by atoms with Gasteiger partial charge in [-0.25, -0.2) is 9.98 Å². The van der Waals surface area contributed by atoms with Crippen LogP contribution >= 0.6 is 0 Å². The lowest BCUT2D eigenvalue weighted by atomic mass is 10.2. The van der Waals surface area contributed by atoms with Gasteiger partial charge in [-0.3, -0.25) is 4.90 Å². The van der Waals surface area contributed by atoms with E-state index in [0.29, 0.717) is 51.1 Å². The van der Waals surface area contributed by atoms with Gasteiger partial charge in [-0.1, -0.05) is 6.07 Å². The van der Waals surface area contributed by atoms with Gasteiger partial charge < -0.3 is 15.0 Å². The SMILES string of the molecule is CCNC(=NCc1ccc(OC)nc1)N1CCN(C(C)C(F)(F)F)CC1. The second-order valence-electron chi connectivity index (χ2n) is 6.12. The first-order valence-electron chi connectivity index (χ1n) is 8.68. The van der Waals surface area contributed by atoms with Gasteiger partial charge in [0.1, 0.15) is 6.04 Å². The minimum atomic E-state index is -4.19. The molecule has 0 amide bonds. The number of aliphatic imine (C=N–C) groups is 1. The fourth-order valence-electron chi connectivity index (χ4n) is 2.75. The maximum Gasteiger partial charge on any atom is 0.403 e. The van der Waals surface area contributed by atoms with E-state index in [1.807, 2.05) is 17.9 Å². The fraction of sp³-hybridized carbons (Fsp3) is 0.647. The van der Waals surface area contributed by atoms with Crippen molar-refractivity contribution in [3.63, 3.8) is 0 Å². The van der Waals surface area contributed by atoms with Gasteiger partial charge in [0.05, 0.1) is 13.7 Å². The molecular formula is C17H26F3N5O. The summed E-state index contributed by atoms with van der Waals surface area (Å²) in [7, 11) is 1.56. The van der Waals surface area contributed by atoms with Crippen molar-refractivity contribution in [2.24, 2.45) is 4.99 Å². The van der Waals surface area contributed by atoms with Gasteiger partial charge in [0.25, 0.3) is 0 Å². The number of rotatable bonds is 5. The third kappa shape index (κ3) is 5.48. The highest BCUT2D eigenvalue weighted by Gasteiger charge is 2.41. The lowest BCUT2D eigenvalue weighted by molar-refractivity contribution is -0.181. The first-order chi connectivity index (χ1) is 12.3. The molecular weight excluding hydrogens is 347 g/mol. The van der Waals surface area contributed by atoms with Crippen LogP contribution in [0, 0.1) is 0 Å². The van der Waals surface area contributed by atoms with Crippen LogP contribution in [0.3, 0.4) is 0 Å². The molecule has 0 aliphatic carbocycles. The van der Waals surface area contributed by atoms with Crippen LogP contribution < -0.4 is 10.1 Å². The maximum absolute atomic E-state index is 12.9. The van der Waals surface area contributed by atoms with E-state index in [4.69, 9.17) is 4.74 Å². The Balaban J connectivity index is 1.96. The number of guanidine groups is 1. The zero-order valence-electron chi connectivity index (χ0n) is 15.4. The molecule has 1 aliphatic rings. The minimum absolute atomic E-state index is 0.356. The highest BCUT2D eigenvalue weighted by atomic mass is 19.4. The van der Waals surface area contributed by atoms with Crippen LogP contribution in [-0.4, -0.2) is 72.8 Å². The average Bonchev–Trinajstić information content (AvgIpc) is 2.64. The predicted molar refractivity (Wildman–Crippen MR) is 94.3 cm³/mol. The van der Waals surface area contributed by atoms with Crippen molar-refractivity contribution >= 4 is 5.96 Å². The van der Waals surface area contributed by atoms with E-state index in [1.54, 1.807) is 19.4 Å². The van der Waals surface area contributed by atoms with Crippen molar-refractivity contribution in [1.82, 2.24) is 20.1 Å². The van der Waals surface area contributed by atoms with E-state index in [-0.39, 0.29) is 0 Å². The lowest BCUT2D eigenvalue weighted by Gasteiger charge is -2.39. The Morgan fingerprint density at radius 1 is 1.31 bits per heavy atom. The molecule has 1 atom stereocenters. The van der Waals surface area contributed by atoms with Gasteiger partial charge in [0, 0.05) is 45.0 Å². The number of hydrogen-bond donors (Lipinski definition) is 1. The average molecular weight is 373 g/mol. The lowest BCUT2D eigenvalue weighted by Crippen LogP contribution is -2.56. The summed E-state index contributed by atoms with van der Waals surface area (Å²) in [4.78, 5) is 12.2. The Labute approximate surface area is 152 Å². The van der Waals surface area contributed by atoms with E-state index in [0.717, 1.165) is 5.56 Å². The van der Waals surface area contributed by atoms with Crippen molar-refractivity contribution in [2.75, 3.05) is 39.8 Å². The molecule has 1 aromatic heterocycles. The number of nitrogens with one attached hydrogen (secondary N) is 1. The van der Waals surface area contributed by atoms with Gasteiger partial charge in [0.2, 0.25) is 5.88 Å². The standard InChI is InChI=1S/C17H26F3N5O/c1-4-21-16(23-12-14-5-6-15(26-3)22-11-14)25-9-7-24(8-10-25)13(2)17(18,19)20/h5-6,11,13H,4,7-10,12H2,1-3H3,(H,21,23). The van der Waals surface area contributed by atoms with Gasteiger partial charge in [-0.15, -0.1) is 0 Å². The highest BCUT2D eigenvalue weighted by Crippen LogP contribution is 2.25. The van der Waals surface area contributed by atoms with Crippen molar-refractivity contribution < 1.29 is 17.9 Å². The first kappa shape index (κ1) is 20.3. The smallest absolute Gasteiger partial charge is 0.403 e. The van der Waals surface area contributed by atoms with Crippen molar-refractivity contribution in [1.29, 1.82) is 0 Å². The largest absolute Gasteiger partial charge is 0.481 e. The van der Waals surface area contributed by atoms with E-state index in [9.17, 15) is 13.2 Å². The summed E-state index contributed by atoms with van der Waals surface area (Å²) in [5.74, 6) is 1.25. The second-order valence-corrected chi connectivity index (χ2v) is 6.12. The van der Waals surface area contributed by atoms with Crippen LogP contribution in [0.1, 0.15) is 19.4 Å². The van der Waals surface area contributed by atoms with Crippen LogP contribution in [0.4, 0.5) is 13.2 Å². The Morgan fingerprint density at radius 2 is 2.00 bits per heavy atom. The molecule has 1 fully saturated rings. The number of alkyl halides is 3. The molecule has 6 nitrogen and oxygen atoms in total. The van der Waals surface area contributed by atoms with Gasteiger partial charge in [-0.2, -0.15) is 13.2 Å². The number of piperazine rings is 1. The van der Waals surface area contributed by atoms with E-state index in [1.165, 1.54) is 11.8 Å². The Kier molecular flexibility index (Phi) is 7.07. The molecule has 146 valence electrons. The summed E-state index contributed by atoms with van der Waals surface area (Å²) < 4.78 is 43.6. The maximum atomic E-state index is 12.9. The van der Waals surface area contributed by atoms with Crippen molar-refractivity contribution in [3.05, 3.63) is 23.9 Å². The van der Waals surface area contributed by atoms with E-state index >= 15 is 0 Å². The third-order valence-electron chi connectivity index (χ3n) is 4.39. The molecule has 0 bridgehead atoms. The molecule has 0 radical (unpaired) electrons. The van der Waals surface area contributed by atoms with Crippen molar-refractivity contribution in [3.8, 4) is 5.88 Å². The number of aromatic nitrogens is 1. The molecule has 0 spiro atoms. The number of methoxy groups -OCH3 is 1. The normalized spacial score (nSPS) is 17.9. The molecule has 2 heterocycles. The number of hydrogen-bond acceptors (Lipinski definition) is 4. The Bertz CT molecular complexity index is 583. The topological polar surface area (TPSA) is 53.0 Å². The molecule has 1 saturated heterocycles. The molecule has 26 heavy (non-hydrogen) atoms. The summed E-state index contributed by atoms with van der Waals surface area (Å²) in [6.45, 7) is 6.04. The third-order valence-corrected chi connectivity index (χ3v) is 4.39. The summed E-state index contributed by atoms with van der Waals surface area (Å²) in [6, 6.07) is 2.24. The number of ether oxygens (including phenoxy) is 1. The molecule has 1 unspecified atom stereocenters. The summed E-state index contributed by atoms with van der Waals surface area (Å²) in [6.07, 6.45) is -2.49. The quantitative estimate of drug-likeness (QED) is 0.633. The van der Waals surface area contributed by atoms with Crippen LogP contribution in [-0.2, 0) is 6.54 Å². The summed E-state index contributed by atoms with van der Waals surface area (Å²) in [5.41, 5.74) is 0.936. The molecule has 0 aromatic carbocycles. The van der Waals surface area contributed by atoms with Crippen LogP contribution in [0.5, 0.6) is 5.88 Å². The minimum Gasteiger partial charge on any atom is -0.481 e. The molecule has 1 N–H and O–H groups in total. The van der Waals surface area contributed by atoms with E-state index < -0.39 is 12.2 Å². The van der Waals surface area contributed by atoms with Crippen molar-refractivity contribution in [2.45, 2.75) is 32.6 Å². The Morgan fingerprint density at radius 3 is 2.50 bits per heavy atom. The van der Waals surface area contributed by atoms with Crippen LogP contribution in [0.15, 0.2) is 23.3 Å². The molecule has 1 aromatic rings. The molecule has 2 rings (SSSR count). The summed E-state index contributed by atoms with van der Waals surface area (Å²) in [5, 5.41) is 3.21. The molecule has 9 heteroatoms. The number of pyridine rings is 1. The fourth-order valence-corrected chi connectivity index (χ4v) is 2.75. The van der Waals surface area contributed by atoms with Gasteiger partial charge >= 0.3 is 6.18 Å². The van der Waals surface area contributed by atoms with Crippen LogP contribution in [0.25, 0.3) is 0 Å². The second kappa shape index (κ2) is 9.07. The highest BCUT2D eigenvalue weighted by molar-refractivity contribution is 5.80. The molecule has 0 saturated carbocycles. The number of nitrogens with zero attached hydrogens (tertiary/aromatic N) is 4. The van der Waals surface area contributed by atoms with E-state index in [2.05, 4.69) is 15.3 Å². The zero-order valence-corrected chi connectivity index (χ0v) is 15.4. The zero-order chi connectivity index (χ0) is 19.2. The van der Waals surface area contributed by atoms with Gasteiger partial charge in [-0.05, 0) is 19.4 Å². The van der Waals surface area contributed by atoms with Gasteiger partial charge in [0.15, 0.2) is 5.96 Å². The monoisotopic (exact) mass is 373 g/mol. The van der Waals surface area contributed by atoms with Crippen LogP contribution in [0.2, 0.25) is 0 Å². The first-order valence-corrected chi connectivity index (χ1v) is 8.68. The summed E-state index contributed by atoms with van der Waals surface area (Å²) >= 11 is 0. The number of halogens is 3. The molecule has 1 aliphatic heterocycles.